The average Bonchev–Trinajstić information content (AvgIpc) is 2.98. The molecule has 0 saturated carbocycles. The molecule has 1 aromatic carbocycles. The zero-order valence-corrected chi connectivity index (χ0v) is 15.1. The lowest BCUT2D eigenvalue weighted by atomic mass is 10.1. The second-order valence-electron chi connectivity index (χ2n) is 4.69. The Morgan fingerprint density at radius 1 is 1.23 bits per heavy atom. The molecule has 0 saturated heterocycles. The van der Waals surface area contributed by atoms with Gasteiger partial charge in [0.05, 0.1) is 5.75 Å². The highest BCUT2D eigenvalue weighted by molar-refractivity contribution is 8.03. The van der Waals surface area contributed by atoms with Crippen LogP contribution in [0.4, 0.5) is 0 Å². The van der Waals surface area contributed by atoms with E-state index in [4.69, 9.17) is 0 Å². The highest BCUT2D eigenvalue weighted by Gasteiger charge is 2.09. The minimum absolute atomic E-state index is 0.0520. The quantitative estimate of drug-likeness (QED) is 0.732. The van der Waals surface area contributed by atoms with Crippen LogP contribution in [0.3, 0.4) is 0 Å². The number of aromatic nitrogens is 2. The van der Waals surface area contributed by atoms with E-state index < -0.39 is 0 Å². The monoisotopic (exact) mass is 353 g/mol. The van der Waals surface area contributed by atoms with Crippen molar-refractivity contribution in [2.75, 3.05) is 12.3 Å². The third-order valence-corrected chi connectivity index (χ3v) is 6.14. The van der Waals surface area contributed by atoms with Crippen LogP contribution in [0.15, 0.2) is 32.9 Å². The third-order valence-electron chi connectivity index (χ3n) is 2.90. The molecule has 0 spiro atoms. The Kier molecular flexibility index (Phi) is 7.21. The molecule has 2 aromatic rings. The SMILES string of the molecule is CCCNC(=O)CSc1nnc(SCc2ccccc2C)s1. The topological polar surface area (TPSA) is 54.9 Å². The highest BCUT2D eigenvalue weighted by atomic mass is 32.2. The second kappa shape index (κ2) is 9.17. The van der Waals surface area contributed by atoms with E-state index in [0.717, 1.165) is 27.4 Å². The first-order chi connectivity index (χ1) is 10.7. The molecule has 1 aromatic heterocycles. The van der Waals surface area contributed by atoms with Gasteiger partial charge in [0, 0.05) is 12.3 Å². The molecule has 2 rings (SSSR count). The van der Waals surface area contributed by atoms with Crippen LogP contribution >= 0.6 is 34.9 Å². The summed E-state index contributed by atoms with van der Waals surface area (Å²) in [5.41, 5.74) is 2.61. The van der Waals surface area contributed by atoms with Gasteiger partial charge in [0.15, 0.2) is 8.68 Å². The summed E-state index contributed by atoms with van der Waals surface area (Å²) in [6, 6.07) is 8.36. The molecular weight excluding hydrogens is 334 g/mol. The molecule has 7 heteroatoms. The number of amides is 1. The summed E-state index contributed by atoms with van der Waals surface area (Å²) in [6.07, 6.45) is 0.953. The first-order valence-corrected chi connectivity index (χ1v) is 9.88. The number of hydrogen-bond acceptors (Lipinski definition) is 6. The van der Waals surface area contributed by atoms with Crippen molar-refractivity contribution in [3.05, 3.63) is 35.4 Å². The van der Waals surface area contributed by atoms with Crippen LogP contribution in [0.1, 0.15) is 24.5 Å². The average molecular weight is 354 g/mol. The summed E-state index contributed by atoms with van der Waals surface area (Å²) in [5.74, 6) is 1.34. The maximum absolute atomic E-state index is 11.5. The van der Waals surface area contributed by atoms with Crippen molar-refractivity contribution in [3.8, 4) is 0 Å². The second-order valence-corrected chi connectivity index (χ2v) is 8.11. The van der Waals surface area contributed by atoms with E-state index in [0.29, 0.717) is 5.75 Å². The number of rotatable bonds is 8. The number of carbonyl (C=O) groups excluding carboxylic acids is 1. The summed E-state index contributed by atoms with van der Waals surface area (Å²) < 4.78 is 1.79. The molecule has 0 fully saturated rings. The predicted molar refractivity (Wildman–Crippen MR) is 94.7 cm³/mol. The molecule has 4 nitrogen and oxygen atoms in total. The number of hydrogen-bond donors (Lipinski definition) is 1. The molecule has 0 atom stereocenters. The number of nitrogens with zero attached hydrogens (tertiary/aromatic N) is 2. The lowest BCUT2D eigenvalue weighted by Crippen LogP contribution is -2.25. The van der Waals surface area contributed by atoms with Crippen molar-refractivity contribution in [2.45, 2.75) is 34.7 Å². The van der Waals surface area contributed by atoms with Gasteiger partial charge in [0.1, 0.15) is 0 Å². The maximum Gasteiger partial charge on any atom is 0.230 e. The third kappa shape index (κ3) is 5.62. The molecular formula is C15H19N3OS3. The van der Waals surface area contributed by atoms with Gasteiger partial charge in [-0.2, -0.15) is 0 Å². The summed E-state index contributed by atoms with van der Waals surface area (Å²) in [4.78, 5) is 11.5. The number of nitrogens with one attached hydrogen (secondary N) is 1. The maximum atomic E-state index is 11.5. The zero-order valence-electron chi connectivity index (χ0n) is 12.7. The Labute approximate surface area is 143 Å². The Morgan fingerprint density at radius 3 is 2.68 bits per heavy atom. The number of carbonyl (C=O) groups is 1. The van der Waals surface area contributed by atoms with Gasteiger partial charge in [-0.15, -0.1) is 10.2 Å². The normalized spacial score (nSPS) is 10.6. The van der Waals surface area contributed by atoms with Crippen LogP contribution in [0.5, 0.6) is 0 Å². The van der Waals surface area contributed by atoms with Gasteiger partial charge in [-0.1, -0.05) is 66.0 Å². The fourth-order valence-corrected chi connectivity index (χ4v) is 4.59. The van der Waals surface area contributed by atoms with Gasteiger partial charge in [-0.25, -0.2) is 0 Å². The molecule has 1 N–H and O–H groups in total. The fraction of sp³-hybridized carbons (Fsp3) is 0.400. The van der Waals surface area contributed by atoms with Crippen LogP contribution in [-0.4, -0.2) is 28.4 Å². The largest absolute Gasteiger partial charge is 0.355 e. The lowest BCUT2D eigenvalue weighted by Gasteiger charge is -2.02. The Balaban J connectivity index is 1.79. The minimum atomic E-state index is 0.0520. The van der Waals surface area contributed by atoms with Crippen molar-refractivity contribution >= 4 is 40.8 Å². The van der Waals surface area contributed by atoms with Crippen molar-refractivity contribution in [2.24, 2.45) is 0 Å². The fourth-order valence-electron chi connectivity index (χ4n) is 1.67. The van der Waals surface area contributed by atoms with Crippen molar-refractivity contribution < 1.29 is 4.79 Å². The summed E-state index contributed by atoms with van der Waals surface area (Å²) in [5, 5.41) is 11.2. The molecule has 0 unspecified atom stereocenters. The van der Waals surface area contributed by atoms with E-state index in [1.165, 1.54) is 22.9 Å². The number of benzene rings is 1. The predicted octanol–water partition coefficient (Wildman–Crippen LogP) is 3.76. The molecule has 0 radical (unpaired) electrons. The molecule has 0 aliphatic rings. The van der Waals surface area contributed by atoms with Crippen LogP contribution in [0, 0.1) is 6.92 Å². The Bertz CT molecular complexity index is 616. The highest BCUT2D eigenvalue weighted by Crippen LogP contribution is 2.31. The number of thioether (sulfide) groups is 2. The zero-order chi connectivity index (χ0) is 15.8. The smallest absolute Gasteiger partial charge is 0.230 e. The molecule has 0 bridgehead atoms. The standard InChI is InChI=1S/C15H19N3OS3/c1-3-8-16-13(19)10-21-15-18-17-14(22-15)20-9-12-7-5-4-6-11(12)2/h4-7H,3,8-10H2,1-2H3,(H,16,19). The molecule has 0 aliphatic heterocycles. The number of aryl methyl sites for hydroxylation is 1. The lowest BCUT2D eigenvalue weighted by molar-refractivity contribution is -0.118. The summed E-state index contributed by atoms with van der Waals surface area (Å²) in [7, 11) is 0. The van der Waals surface area contributed by atoms with Gasteiger partial charge in [-0.05, 0) is 24.5 Å². The van der Waals surface area contributed by atoms with Crippen molar-refractivity contribution in [3.63, 3.8) is 0 Å². The van der Waals surface area contributed by atoms with Crippen molar-refractivity contribution in [1.82, 2.24) is 15.5 Å². The van der Waals surface area contributed by atoms with E-state index >= 15 is 0 Å². The van der Waals surface area contributed by atoms with Crippen LogP contribution in [0.2, 0.25) is 0 Å². The molecule has 22 heavy (non-hydrogen) atoms. The van der Waals surface area contributed by atoms with E-state index in [1.54, 1.807) is 23.1 Å². The van der Waals surface area contributed by atoms with E-state index in [9.17, 15) is 4.79 Å². The first kappa shape index (κ1) is 17.3. The van der Waals surface area contributed by atoms with Crippen molar-refractivity contribution in [1.29, 1.82) is 0 Å². The van der Waals surface area contributed by atoms with Gasteiger partial charge < -0.3 is 5.32 Å². The van der Waals surface area contributed by atoms with Crippen LogP contribution in [0.25, 0.3) is 0 Å². The van der Waals surface area contributed by atoms with Gasteiger partial charge >= 0.3 is 0 Å². The van der Waals surface area contributed by atoms with Gasteiger partial charge in [-0.3, -0.25) is 4.79 Å². The Morgan fingerprint density at radius 2 is 1.95 bits per heavy atom. The van der Waals surface area contributed by atoms with Crippen LogP contribution < -0.4 is 5.32 Å². The molecule has 118 valence electrons. The van der Waals surface area contributed by atoms with Gasteiger partial charge in [0.2, 0.25) is 5.91 Å². The summed E-state index contributed by atoms with van der Waals surface area (Å²) in [6.45, 7) is 4.88. The van der Waals surface area contributed by atoms with Gasteiger partial charge in [0.25, 0.3) is 0 Å². The molecule has 1 heterocycles. The summed E-state index contributed by atoms with van der Waals surface area (Å²) >= 11 is 4.68. The first-order valence-electron chi connectivity index (χ1n) is 7.09. The Hall–Kier alpha value is -1.05. The van der Waals surface area contributed by atoms with E-state index in [-0.39, 0.29) is 5.91 Å². The molecule has 1 amide bonds. The van der Waals surface area contributed by atoms with E-state index in [2.05, 4.69) is 40.6 Å². The van der Waals surface area contributed by atoms with E-state index in [1.807, 2.05) is 13.0 Å². The molecule has 0 aliphatic carbocycles. The minimum Gasteiger partial charge on any atom is -0.355 e. The van der Waals surface area contributed by atoms with Crippen LogP contribution in [-0.2, 0) is 10.5 Å².